The summed E-state index contributed by atoms with van der Waals surface area (Å²) in [4.78, 5) is 37.7. The van der Waals surface area contributed by atoms with Gasteiger partial charge in [0.15, 0.2) is 0 Å². The molecule has 1 N–H and O–H groups in total. The molecule has 1 heterocycles. The first-order chi connectivity index (χ1) is 14.5. The number of non-ortho nitro benzene ring substituents is 1. The van der Waals surface area contributed by atoms with Gasteiger partial charge < -0.3 is 5.11 Å². The molecular formula is C23H16N2O5. The molecule has 30 heavy (non-hydrogen) atoms. The summed E-state index contributed by atoms with van der Waals surface area (Å²) >= 11 is 0. The van der Waals surface area contributed by atoms with Gasteiger partial charge in [0.1, 0.15) is 5.76 Å². The number of nitro groups is 1. The highest BCUT2D eigenvalue weighted by atomic mass is 16.6. The maximum atomic E-state index is 12.9. The number of amides is 1. The predicted octanol–water partition coefficient (Wildman–Crippen LogP) is 4.22. The molecule has 0 spiro atoms. The molecule has 0 aromatic heterocycles. The second-order valence-electron chi connectivity index (χ2n) is 6.72. The summed E-state index contributed by atoms with van der Waals surface area (Å²) in [5, 5.41) is 21.9. The highest BCUT2D eigenvalue weighted by molar-refractivity contribution is 6.51. The largest absolute Gasteiger partial charge is 0.507 e. The fraction of sp³-hybridized carbons (Fsp3) is 0.0435. The number of para-hydroxylation sites is 1. The van der Waals surface area contributed by atoms with Gasteiger partial charge in [-0.25, -0.2) is 0 Å². The van der Waals surface area contributed by atoms with Crippen molar-refractivity contribution in [3.05, 3.63) is 112 Å². The molecule has 3 aromatic carbocycles. The first-order valence-corrected chi connectivity index (χ1v) is 9.15. The van der Waals surface area contributed by atoms with E-state index >= 15 is 0 Å². The second-order valence-corrected chi connectivity index (χ2v) is 6.72. The Hall–Kier alpha value is -4.26. The molecule has 1 fully saturated rings. The number of hydrogen-bond donors (Lipinski definition) is 1. The van der Waals surface area contributed by atoms with Gasteiger partial charge in [0.25, 0.3) is 17.4 Å². The van der Waals surface area contributed by atoms with Crippen molar-refractivity contribution in [3.8, 4) is 0 Å². The number of anilines is 1. The number of carbonyl (C=O) groups is 2. The van der Waals surface area contributed by atoms with E-state index in [0.29, 0.717) is 16.8 Å². The van der Waals surface area contributed by atoms with Gasteiger partial charge in [0.2, 0.25) is 0 Å². The zero-order valence-electron chi connectivity index (χ0n) is 15.6. The van der Waals surface area contributed by atoms with Crippen LogP contribution >= 0.6 is 0 Å². The van der Waals surface area contributed by atoms with E-state index in [1.165, 1.54) is 29.2 Å². The summed E-state index contributed by atoms with van der Waals surface area (Å²) < 4.78 is 0. The SMILES string of the molecule is O=C1C(=O)N(c2ccccc2)[C@@H](c2ccc([N+](=O)[O-])cc2)C1=C(O)c1ccccc1. The van der Waals surface area contributed by atoms with Crippen LogP contribution in [0.1, 0.15) is 17.2 Å². The van der Waals surface area contributed by atoms with E-state index in [2.05, 4.69) is 0 Å². The lowest BCUT2D eigenvalue weighted by Gasteiger charge is -2.25. The van der Waals surface area contributed by atoms with E-state index in [1.807, 2.05) is 0 Å². The maximum absolute atomic E-state index is 12.9. The lowest BCUT2D eigenvalue weighted by atomic mass is 9.95. The number of Topliss-reactive ketones (excluding diaryl/α,β-unsaturated/α-hetero) is 1. The van der Waals surface area contributed by atoms with Gasteiger partial charge in [0, 0.05) is 23.4 Å². The second kappa shape index (κ2) is 7.63. The topological polar surface area (TPSA) is 101 Å². The molecule has 1 aliphatic rings. The van der Waals surface area contributed by atoms with Crippen molar-refractivity contribution >= 4 is 28.8 Å². The minimum Gasteiger partial charge on any atom is -0.507 e. The Bertz CT molecular complexity index is 1160. The summed E-state index contributed by atoms with van der Waals surface area (Å²) in [6, 6.07) is 21.8. The number of ketones is 1. The smallest absolute Gasteiger partial charge is 0.300 e. The van der Waals surface area contributed by atoms with Crippen LogP contribution in [0.2, 0.25) is 0 Å². The highest BCUT2D eigenvalue weighted by Crippen LogP contribution is 2.42. The van der Waals surface area contributed by atoms with Crippen LogP contribution in [0.25, 0.3) is 5.76 Å². The molecule has 0 aliphatic carbocycles. The van der Waals surface area contributed by atoms with Crippen LogP contribution in [-0.2, 0) is 9.59 Å². The Morgan fingerprint density at radius 2 is 1.43 bits per heavy atom. The van der Waals surface area contributed by atoms with Gasteiger partial charge in [0.05, 0.1) is 16.5 Å². The zero-order valence-corrected chi connectivity index (χ0v) is 15.6. The Morgan fingerprint density at radius 3 is 2.00 bits per heavy atom. The third kappa shape index (κ3) is 3.22. The van der Waals surface area contributed by atoms with Crippen molar-refractivity contribution in [3.63, 3.8) is 0 Å². The molecule has 3 aromatic rings. The van der Waals surface area contributed by atoms with E-state index in [-0.39, 0.29) is 17.0 Å². The number of carbonyl (C=O) groups excluding carboxylic acids is 2. The Kier molecular flexibility index (Phi) is 4.85. The molecule has 7 heteroatoms. The fourth-order valence-corrected chi connectivity index (χ4v) is 3.53. The van der Waals surface area contributed by atoms with E-state index in [1.54, 1.807) is 60.7 Å². The highest BCUT2D eigenvalue weighted by Gasteiger charge is 2.46. The van der Waals surface area contributed by atoms with Crippen LogP contribution in [0.3, 0.4) is 0 Å². The molecular weight excluding hydrogens is 384 g/mol. The van der Waals surface area contributed by atoms with E-state index < -0.39 is 22.7 Å². The molecule has 1 amide bonds. The summed E-state index contributed by atoms with van der Waals surface area (Å²) in [7, 11) is 0. The lowest BCUT2D eigenvalue weighted by molar-refractivity contribution is -0.384. The van der Waals surface area contributed by atoms with Gasteiger partial charge in [-0.05, 0) is 29.8 Å². The summed E-state index contributed by atoms with van der Waals surface area (Å²) in [6.45, 7) is 0. The van der Waals surface area contributed by atoms with Crippen molar-refractivity contribution in [1.82, 2.24) is 0 Å². The molecule has 1 aliphatic heterocycles. The number of rotatable bonds is 4. The molecule has 148 valence electrons. The summed E-state index contributed by atoms with van der Waals surface area (Å²) in [6.07, 6.45) is 0. The van der Waals surface area contributed by atoms with Gasteiger partial charge in [-0.1, -0.05) is 48.5 Å². The van der Waals surface area contributed by atoms with Crippen molar-refractivity contribution in [2.75, 3.05) is 4.90 Å². The van der Waals surface area contributed by atoms with E-state index in [0.717, 1.165) is 0 Å². The fourth-order valence-electron chi connectivity index (χ4n) is 3.53. The van der Waals surface area contributed by atoms with Gasteiger partial charge in [-0.15, -0.1) is 0 Å². The maximum Gasteiger partial charge on any atom is 0.300 e. The van der Waals surface area contributed by atoms with E-state index in [4.69, 9.17) is 0 Å². The normalized spacial score (nSPS) is 17.9. The standard InChI is InChI=1S/C23H16N2O5/c26-21(16-7-3-1-4-8-16)19-20(15-11-13-18(14-12-15)25(29)30)24(23(28)22(19)27)17-9-5-2-6-10-17/h1-14,20,26H/t20-/m0/s1. The first-order valence-electron chi connectivity index (χ1n) is 9.15. The number of benzene rings is 3. The number of aliphatic hydroxyl groups is 1. The van der Waals surface area contributed by atoms with Gasteiger partial charge >= 0.3 is 0 Å². The Balaban J connectivity index is 1.93. The molecule has 0 bridgehead atoms. The van der Waals surface area contributed by atoms with Crippen molar-refractivity contribution < 1.29 is 19.6 Å². The zero-order chi connectivity index (χ0) is 21.3. The van der Waals surface area contributed by atoms with Gasteiger partial charge in [-0.2, -0.15) is 0 Å². The molecule has 0 radical (unpaired) electrons. The molecule has 0 unspecified atom stereocenters. The van der Waals surface area contributed by atoms with Crippen LogP contribution in [0.4, 0.5) is 11.4 Å². The average Bonchev–Trinajstić information content (AvgIpc) is 3.05. The minimum absolute atomic E-state index is 0.0658. The third-order valence-corrected chi connectivity index (χ3v) is 4.95. The monoisotopic (exact) mass is 400 g/mol. The van der Waals surface area contributed by atoms with Crippen LogP contribution < -0.4 is 4.90 Å². The first kappa shape index (κ1) is 19.1. The van der Waals surface area contributed by atoms with Crippen LogP contribution in [0.5, 0.6) is 0 Å². The van der Waals surface area contributed by atoms with Crippen LogP contribution in [0, 0.1) is 10.1 Å². The summed E-state index contributed by atoms with van der Waals surface area (Å²) in [5.41, 5.74) is 1.18. The summed E-state index contributed by atoms with van der Waals surface area (Å²) in [5.74, 6) is -1.89. The third-order valence-electron chi connectivity index (χ3n) is 4.95. The van der Waals surface area contributed by atoms with Crippen LogP contribution in [-0.4, -0.2) is 21.7 Å². The van der Waals surface area contributed by atoms with E-state index in [9.17, 15) is 24.8 Å². The van der Waals surface area contributed by atoms with Crippen molar-refractivity contribution in [1.29, 1.82) is 0 Å². The average molecular weight is 400 g/mol. The number of hydrogen-bond acceptors (Lipinski definition) is 5. The molecule has 0 saturated carbocycles. The van der Waals surface area contributed by atoms with Gasteiger partial charge in [-0.3, -0.25) is 24.6 Å². The Morgan fingerprint density at radius 1 is 0.867 bits per heavy atom. The Labute approximate surface area is 171 Å². The van der Waals surface area contributed by atoms with Crippen molar-refractivity contribution in [2.24, 2.45) is 0 Å². The molecule has 7 nitrogen and oxygen atoms in total. The number of nitrogens with zero attached hydrogens (tertiary/aromatic N) is 2. The molecule has 4 rings (SSSR count). The van der Waals surface area contributed by atoms with Crippen molar-refractivity contribution in [2.45, 2.75) is 6.04 Å². The lowest BCUT2D eigenvalue weighted by Crippen LogP contribution is -2.29. The molecule has 1 saturated heterocycles. The number of nitro benzene ring substituents is 1. The van der Waals surface area contributed by atoms with Crippen LogP contribution in [0.15, 0.2) is 90.5 Å². The predicted molar refractivity (Wildman–Crippen MR) is 111 cm³/mol. The minimum atomic E-state index is -0.923. The number of aliphatic hydroxyl groups excluding tert-OH is 1. The quantitative estimate of drug-likeness (QED) is 0.232. The molecule has 1 atom stereocenters.